The molecule has 0 bridgehead atoms. The average molecular weight is 1200 g/mol. The zero-order valence-corrected chi connectivity index (χ0v) is 57.0. The summed E-state index contributed by atoms with van der Waals surface area (Å²) in [6, 6.07) is 0. The fraction of sp³-hybridized carbons (Fsp3) is 0.838. The van der Waals surface area contributed by atoms with Crippen molar-refractivity contribution >= 4 is 19.8 Å². The highest BCUT2D eigenvalue weighted by molar-refractivity contribution is 7.45. The molecule has 10 heteroatoms. The van der Waals surface area contributed by atoms with Gasteiger partial charge in [0.05, 0.1) is 27.7 Å². The van der Waals surface area contributed by atoms with Crippen LogP contribution >= 0.6 is 7.82 Å². The van der Waals surface area contributed by atoms with Crippen LogP contribution in [0.25, 0.3) is 0 Å². The molecule has 0 aliphatic carbocycles. The maximum Gasteiger partial charge on any atom is 0.306 e. The van der Waals surface area contributed by atoms with Crippen molar-refractivity contribution in [2.75, 3.05) is 47.5 Å². The van der Waals surface area contributed by atoms with Gasteiger partial charge in [-0.1, -0.05) is 312 Å². The molecule has 0 saturated heterocycles. The Kier molecular flexibility index (Phi) is 63.4. The van der Waals surface area contributed by atoms with Gasteiger partial charge in [-0.15, -0.1) is 0 Å². The number of quaternary nitrogens is 1. The Bertz CT molecular complexity index is 1600. The Balaban J connectivity index is 3.98. The monoisotopic (exact) mass is 1200 g/mol. The fourth-order valence-electron chi connectivity index (χ4n) is 10.5. The van der Waals surface area contributed by atoms with Gasteiger partial charge in [0.2, 0.25) is 0 Å². The maximum atomic E-state index is 12.9. The second-order valence-corrected chi connectivity index (χ2v) is 27.0. The number of likely N-dealkylation sites (N-methyl/N-ethyl adjacent to an activating group) is 1. The number of phosphoric acid groups is 1. The van der Waals surface area contributed by atoms with Crippen LogP contribution in [0.15, 0.2) is 60.8 Å². The Morgan fingerprint density at radius 3 is 0.952 bits per heavy atom. The minimum Gasteiger partial charge on any atom is -0.756 e. The number of nitrogens with zero attached hydrogens (tertiary/aromatic N) is 1. The summed E-state index contributed by atoms with van der Waals surface area (Å²) in [6.45, 7) is 4.26. The summed E-state index contributed by atoms with van der Waals surface area (Å²) in [5.41, 5.74) is 0. The number of esters is 2. The summed E-state index contributed by atoms with van der Waals surface area (Å²) < 4.78 is 34.3. The molecular weight excluding hydrogens is 1060 g/mol. The molecule has 492 valence electrons. The van der Waals surface area contributed by atoms with Crippen LogP contribution in [0.4, 0.5) is 0 Å². The molecule has 0 aliphatic rings. The summed E-state index contributed by atoms with van der Waals surface area (Å²) in [4.78, 5) is 38.1. The van der Waals surface area contributed by atoms with Crippen LogP contribution in [0.3, 0.4) is 0 Å². The molecule has 0 aliphatic heterocycles. The van der Waals surface area contributed by atoms with Crippen molar-refractivity contribution in [1.82, 2.24) is 0 Å². The predicted molar refractivity (Wildman–Crippen MR) is 360 cm³/mol. The van der Waals surface area contributed by atoms with Crippen LogP contribution in [0.2, 0.25) is 0 Å². The van der Waals surface area contributed by atoms with E-state index in [1.807, 2.05) is 21.1 Å². The van der Waals surface area contributed by atoms with E-state index in [0.29, 0.717) is 17.4 Å². The van der Waals surface area contributed by atoms with Crippen molar-refractivity contribution in [1.29, 1.82) is 0 Å². The molecule has 0 spiro atoms. The first kappa shape index (κ1) is 81.7. The van der Waals surface area contributed by atoms with Crippen molar-refractivity contribution in [2.24, 2.45) is 0 Å². The van der Waals surface area contributed by atoms with Crippen LogP contribution in [0.1, 0.15) is 348 Å². The first-order valence-electron chi connectivity index (χ1n) is 36.0. The van der Waals surface area contributed by atoms with Gasteiger partial charge in [0.25, 0.3) is 7.82 Å². The summed E-state index contributed by atoms with van der Waals surface area (Å²) in [5, 5.41) is 0. The molecule has 0 aromatic heterocycles. The van der Waals surface area contributed by atoms with Gasteiger partial charge in [0.1, 0.15) is 19.8 Å². The lowest BCUT2D eigenvalue weighted by Crippen LogP contribution is -2.37. The second kappa shape index (κ2) is 65.2. The van der Waals surface area contributed by atoms with Crippen LogP contribution in [-0.2, 0) is 32.7 Å². The number of allylic oxidation sites excluding steroid dienone is 10. The van der Waals surface area contributed by atoms with E-state index in [1.54, 1.807) is 0 Å². The summed E-state index contributed by atoms with van der Waals surface area (Å²) in [5.74, 6) is -0.823. The number of hydrogen-bond acceptors (Lipinski definition) is 8. The predicted octanol–water partition coefficient (Wildman–Crippen LogP) is 22.8. The summed E-state index contributed by atoms with van der Waals surface area (Å²) >= 11 is 0. The third-order valence-corrected chi connectivity index (χ3v) is 17.0. The van der Waals surface area contributed by atoms with E-state index in [-0.39, 0.29) is 32.0 Å². The van der Waals surface area contributed by atoms with Crippen LogP contribution in [-0.4, -0.2) is 70.0 Å². The lowest BCUT2D eigenvalue weighted by molar-refractivity contribution is -0.870. The van der Waals surface area contributed by atoms with E-state index in [0.717, 1.165) is 64.2 Å². The number of rotatable bonds is 67. The van der Waals surface area contributed by atoms with E-state index in [9.17, 15) is 19.0 Å². The highest BCUT2D eigenvalue weighted by atomic mass is 31.2. The second-order valence-electron chi connectivity index (χ2n) is 25.6. The van der Waals surface area contributed by atoms with Gasteiger partial charge in [-0.25, -0.2) is 0 Å². The van der Waals surface area contributed by atoms with Crippen molar-refractivity contribution in [3.05, 3.63) is 60.8 Å². The van der Waals surface area contributed by atoms with Gasteiger partial charge in [-0.2, -0.15) is 0 Å². The number of carbonyl (C=O) groups excluding carboxylic acids is 2. The average Bonchev–Trinajstić information content (AvgIpc) is 3.60. The lowest BCUT2D eigenvalue weighted by atomic mass is 10.0. The van der Waals surface area contributed by atoms with Gasteiger partial charge < -0.3 is 27.9 Å². The molecule has 0 heterocycles. The topological polar surface area (TPSA) is 111 Å². The summed E-state index contributed by atoms with van der Waals surface area (Å²) in [6.07, 6.45) is 86.0. The minimum atomic E-state index is -4.64. The number of ether oxygens (including phenoxy) is 2. The van der Waals surface area contributed by atoms with Gasteiger partial charge >= 0.3 is 11.9 Å². The molecule has 0 N–H and O–H groups in total. The van der Waals surface area contributed by atoms with E-state index in [2.05, 4.69) is 74.6 Å². The van der Waals surface area contributed by atoms with E-state index < -0.39 is 26.5 Å². The lowest BCUT2D eigenvalue weighted by Gasteiger charge is -2.28. The third kappa shape index (κ3) is 68.8. The smallest absolute Gasteiger partial charge is 0.306 e. The molecule has 2 unspecified atom stereocenters. The molecule has 0 aromatic rings. The number of carbonyl (C=O) groups is 2. The van der Waals surface area contributed by atoms with E-state index in [4.69, 9.17) is 18.5 Å². The van der Waals surface area contributed by atoms with Gasteiger partial charge in [0, 0.05) is 12.8 Å². The molecule has 9 nitrogen and oxygen atoms in total. The van der Waals surface area contributed by atoms with Gasteiger partial charge in [-0.05, 0) is 83.5 Å². The van der Waals surface area contributed by atoms with Crippen molar-refractivity contribution in [3.63, 3.8) is 0 Å². The zero-order valence-electron chi connectivity index (χ0n) is 56.1. The SMILES string of the molecule is CCCCCCC/C=C\C/C=C\C/C=C\CCCCCCCCCCCCC(=O)OC(COC(=O)CCCCCCCCCCCCCCCCCCCCCCCCC/C=C\C/C=C\CCCCCCC)COP(=O)([O-])OCC[N+](C)(C)C. The quantitative estimate of drug-likeness (QED) is 0.0195. The Labute approximate surface area is 521 Å². The first-order chi connectivity index (χ1) is 41.0. The van der Waals surface area contributed by atoms with Crippen LogP contribution in [0.5, 0.6) is 0 Å². The molecule has 0 rings (SSSR count). The Morgan fingerprint density at radius 2 is 0.643 bits per heavy atom. The zero-order chi connectivity index (χ0) is 61.2. The Hall–Kier alpha value is -2.29. The largest absolute Gasteiger partial charge is 0.756 e. The third-order valence-electron chi connectivity index (χ3n) is 16.0. The van der Waals surface area contributed by atoms with Crippen molar-refractivity contribution in [2.45, 2.75) is 354 Å². The molecule has 84 heavy (non-hydrogen) atoms. The van der Waals surface area contributed by atoms with Gasteiger partial charge in [0.15, 0.2) is 6.10 Å². The minimum absolute atomic E-state index is 0.0314. The number of phosphoric ester groups is 1. The molecule has 0 saturated carbocycles. The molecule has 0 radical (unpaired) electrons. The highest BCUT2D eigenvalue weighted by Gasteiger charge is 2.22. The van der Waals surface area contributed by atoms with Gasteiger partial charge in [-0.3, -0.25) is 14.2 Å². The van der Waals surface area contributed by atoms with E-state index >= 15 is 0 Å². The molecule has 0 aromatic carbocycles. The standard InChI is InChI=1S/C74H138NO8P/c1-6-8-10-12-14-16-18-20-22-24-26-28-30-32-33-34-35-36-37-38-39-40-41-43-44-46-48-50-52-54-56-58-60-62-64-66-73(76)80-70-72(71-82-84(78,79)81-69-68-75(3,4)5)83-74(77)67-65-63-61-59-57-55-53-51-49-47-45-42-31-29-27-25-23-21-19-17-15-13-11-9-7-2/h18-21,24-27,31,42,72H,6-17,22-23,28-30,32-41,43-71H2,1-5H3/b20-18-,21-19-,26-24-,27-25-,42-31-. The molecule has 0 fully saturated rings. The fourth-order valence-corrected chi connectivity index (χ4v) is 11.2. The number of unbranched alkanes of at least 4 members (excludes halogenated alkanes) is 43. The van der Waals surface area contributed by atoms with Crippen molar-refractivity contribution < 1.29 is 42.1 Å². The molecule has 2 atom stereocenters. The normalized spacial score (nSPS) is 13.5. The van der Waals surface area contributed by atoms with Crippen LogP contribution in [0, 0.1) is 0 Å². The molecular formula is C74H138NO8P. The van der Waals surface area contributed by atoms with Crippen LogP contribution < -0.4 is 4.89 Å². The van der Waals surface area contributed by atoms with Crippen molar-refractivity contribution in [3.8, 4) is 0 Å². The van der Waals surface area contributed by atoms with E-state index in [1.165, 1.54) is 250 Å². The first-order valence-corrected chi connectivity index (χ1v) is 37.5. The number of hydrogen-bond donors (Lipinski definition) is 0. The summed E-state index contributed by atoms with van der Waals surface area (Å²) in [7, 11) is 1.17. The Morgan fingerprint density at radius 1 is 0.369 bits per heavy atom. The highest BCUT2D eigenvalue weighted by Crippen LogP contribution is 2.38. The maximum absolute atomic E-state index is 12.9. The molecule has 0 amide bonds.